The summed E-state index contributed by atoms with van der Waals surface area (Å²) in [4.78, 5) is 10.4. The van der Waals surface area contributed by atoms with Crippen LogP contribution in [0.4, 0.5) is 0 Å². The van der Waals surface area contributed by atoms with E-state index in [0.717, 1.165) is 19.3 Å². The van der Waals surface area contributed by atoms with Gasteiger partial charge in [-0.15, -0.1) is 0 Å². The van der Waals surface area contributed by atoms with Crippen LogP contribution in [0.1, 0.15) is 221 Å². The van der Waals surface area contributed by atoms with Gasteiger partial charge in [0.15, 0.2) is 0 Å². The quantitative estimate of drug-likeness (QED) is 0.0601. The van der Waals surface area contributed by atoms with Gasteiger partial charge in [-0.05, 0) is 24.7 Å². The molecule has 0 fully saturated rings. The zero-order valence-electron chi connectivity index (χ0n) is 29.0. The van der Waals surface area contributed by atoms with Gasteiger partial charge in [-0.25, -0.2) is 0 Å². The summed E-state index contributed by atoms with van der Waals surface area (Å²) in [5.74, 6) is 0. The van der Waals surface area contributed by atoms with Crippen LogP contribution in [0.2, 0.25) is 0 Å². The molecule has 1 N–H and O–H groups in total. The molecule has 0 aromatic carbocycles. The van der Waals surface area contributed by atoms with Crippen LogP contribution in [0.5, 0.6) is 0 Å². The van der Waals surface area contributed by atoms with Crippen molar-refractivity contribution < 1.29 is 13.9 Å². The highest BCUT2D eigenvalue weighted by Crippen LogP contribution is 2.39. The van der Waals surface area contributed by atoms with Gasteiger partial charge in [0.2, 0.25) is 0 Å². The maximum Gasteiger partial charge on any atom is 0.330 e. The third kappa shape index (κ3) is 34.7. The molecule has 0 rings (SSSR count). The smallest absolute Gasteiger partial charge is 0.328 e. The summed E-state index contributed by atoms with van der Waals surface area (Å²) in [5, 5.41) is 0. The summed E-state index contributed by atoms with van der Waals surface area (Å²) in [6.07, 6.45) is 39.0. The molecule has 41 heavy (non-hydrogen) atoms. The molecule has 0 aliphatic rings. The Balaban J connectivity index is 3.68. The fraction of sp³-hybridized carbons (Fsp3) is 1.00. The van der Waals surface area contributed by atoms with Crippen molar-refractivity contribution in [2.75, 3.05) is 6.61 Å². The summed E-state index contributed by atoms with van der Waals surface area (Å²) in [5.41, 5.74) is 0.201. The van der Waals surface area contributed by atoms with Crippen LogP contribution < -0.4 is 0 Å². The molecule has 4 heteroatoms. The third-order valence-electron chi connectivity index (χ3n) is 8.41. The van der Waals surface area contributed by atoms with E-state index in [-0.39, 0.29) is 11.5 Å². The van der Waals surface area contributed by atoms with Crippen molar-refractivity contribution in [3.05, 3.63) is 0 Å². The predicted octanol–water partition coefficient (Wildman–Crippen LogP) is 14.0. The van der Waals surface area contributed by atoms with E-state index in [9.17, 15) is 4.89 Å². The molecule has 0 aromatic rings. The van der Waals surface area contributed by atoms with Gasteiger partial charge < -0.3 is 13.9 Å². The predicted molar refractivity (Wildman–Crippen MR) is 185 cm³/mol. The Morgan fingerprint density at radius 1 is 0.488 bits per heavy atom. The molecule has 0 bridgehead atoms. The number of hydrogen-bond donors (Lipinski definition) is 1. The Kier molecular flexibility index (Phi) is 32.0. The zero-order valence-corrected chi connectivity index (χ0v) is 29.9. The monoisotopic (exact) mass is 601 g/mol. The van der Waals surface area contributed by atoms with Crippen LogP contribution in [-0.2, 0) is 9.05 Å². The minimum absolute atomic E-state index is 0.107. The fourth-order valence-electron chi connectivity index (χ4n) is 5.86. The van der Waals surface area contributed by atoms with Gasteiger partial charge in [-0.3, -0.25) is 0 Å². The molecule has 0 spiro atoms. The number of rotatable bonds is 33. The van der Waals surface area contributed by atoms with Gasteiger partial charge in [0.1, 0.15) is 0 Å². The van der Waals surface area contributed by atoms with E-state index < -0.39 is 8.60 Å². The lowest BCUT2D eigenvalue weighted by atomic mass is 9.87. The van der Waals surface area contributed by atoms with E-state index in [4.69, 9.17) is 9.05 Å². The topological polar surface area (TPSA) is 38.7 Å². The molecule has 0 radical (unpaired) electrons. The van der Waals surface area contributed by atoms with E-state index >= 15 is 0 Å². The van der Waals surface area contributed by atoms with Crippen molar-refractivity contribution in [2.24, 2.45) is 5.41 Å². The molecular weight excluding hydrogens is 523 g/mol. The van der Waals surface area contributed by atoms with Crippen LogP contribution >= 0.6 is 8.60 Å². The lowest BCUT2D eigenvalue weighted by Gasteiger charge is -2.27. The molecule has 0 amide bonds. The van der Waals surface area contributed by atoms with Gasteiger partial charge >= 0.3 is 8.60 Å². The van der Waals surface area contributed by atoms with Crippen LogP contribution in [0.25, 0.3) is 0 Å². The normalized spacial score (nSPS) is 13.6. The molecule has 0 saturated carbocycles. The van der Waals surface area contributed by atoms with Crippen molar-refractivity contribution in [1.29, 1.82) is 0 Å². The molecule has 0 aromatic heterocycles. The second kappa shape index (κ2) is 31.7. The lowest BCUT2D eigenvalue weighted by Crippen LogP contribution is -2.20. The second-order valence-corrected chi connectivity index (χ2v) is 15.1. The zero-order chi connectivity index (χ0) is 30.3. The first-order valence-corrected chi connectivity index (χ1v) is 19.8. The van der Waals surface area contributed by atoms with Crippen LogP contribution in [0.3, 0.4) is 0 Å². The highest BCUT2D eigenvalue weighted by Gasteiger charge is 2.23. The molecule has 2 unspecified atom stereocenters. The van der Waals surface area contributed by atoms with Gasteiger partial charge in [0.05, 0.1) is 12.7 Å². The maximum absolute atomic E-state index is 10.4. The van der Waals surface area contributed by atoms with Crippen LogP contribution in [0.15, 0.2) is 0 Å². The molecule has 0 heterocycles. The molecule has 2 atom stereocenters. The van der Waals surface area contributed by atoms with Crippen molar-refractivity contribution >= 4 is 8.60 Å². The molecular formula is C37H77O3P. The van der Waals surface area contributed by atoms with Gasteiger partial charge in [-0.1, -0.05) is 202 Å². The van der Waals surface area contributed by atoms with Crippen molar-refractivity contribution in [3.8, 4) is 0 Å². The summed E-state index contributed by atoms with van der Waals surface area (Å²) in [7, 11) is -1.76. The number of unbranched alkanes of at least 4 members (excludes halogenated alkanes) is 25. The molecule has 248 valence electrons. The summed E-state index contributed by atoms with van der Waals surface area (Å²) in [6.45, 7) is 12.0. The van der Waals surface area contributed by atoms with Gasteiger partial charge in [0.25, 0.3) is 0 Å². The maximum atomic E-state index is 10.4. The summed E-state index contributed by atoms with van der Waals surface area (Å²) in [6, 6.07) is 0. The summed E-state index contributed by atoms with van der Waals surface area (Å²) < 4.78 is 11.8. The van der Waals surface area contributed by atoms with E-state index in [1.54, 1.807) is 0 Å². The molecule has 0 aliphatic carbocycles. The van der Waals surface area contributed by atoms with Crippen molar-refractivity contribution in [3.63, 3.8) is 0 Å². The first-order chi connectivity index (χ1) is 19.9. The van der Waals surface area contributed by atoms with Crippen molar-refractivity contribution in [2.45, 2.75) is 227 Å². The summed E-state index contributed by atoms with van der Waals surface area (Å²) >= 11 is 0. The van der Waals surface area contributed by atoms with E-state index in [1.807, 2.05) is 0 Å². The molecule has 3 nitrogen and oxygen atoms in total. The first kappa shape index (κ1) is 41.3. The Morgan fingerprint density at radius 2 is 0.805 bits per heavy atom. The van der Waals surface area contributed by atoms with Crippen LogP contribution in [0, 0.1) is 5.41 Å². The Hall–Kier alpha value is 0.310. The SMILES string of the molecule is CCCCCCCCCCCCCCCCCCOP(O)OC(CCCCCCCCCCCCC)CC(C)(C)C. The van der Waals surface area contributed by atoms with Gasteiger partial charge in [0, 0.05) is 0 Å². The highest BCUT2D eigenvalue weighted by atomic mass is 31.2. The second-order valence-electron chi connectivity index (χ2n) is 14.2. The van der Waals surface area contributed by atoms with Gasteiger partial charge in [-0.2, -0.15) is 0 Å². The first-order valence-electron chi connectivity index (χ1n) is 18.7. The Bertz CT molecular complexity index is 493. The van der Waals surface area contributed by atoms with Crippen molar-refractivity contribution in [1.82, 2.24) is 0 Å². The van der Waals surface area contributed by atoms with E-state index in [1.165, 1.54) is 167 Å². The minimum Gasteiger partial charge on any atom is -0.328 e. The third-order valence-corrected chi connectivity index (χ3v) is 9.29. The average molecular weight is 601 g/mol. The largest absolute Gasteiger partial charge is 0.330 e. The minimum atomic E-state index is -1.76. The lowest BCUT2D eigenvalue weighted by molar-refractivity contribution is 0.0997. The molecule has 0 saturated heterocycles. The standard InChI is InChI=1S/C37H77O3P/c1-6-8-10-12-14-16-18-19-20-21-22-24-26-28-30-32-34-39-41(38)40-36(35-37(3,4)5)33-31-29-27-25-23-17-15-13-11-9-7-2/h36,38H,6-35H2,1-5H3. The average Bonchev–Trinajstić information content (AvgIpc) is 2.92. The Morgan fingerprint density at radius 3 is 1.15 bits per heavy atom. The highest BCUT2D eigenvalue weighted by molar-refractivity contribution is 7.40. The molecule has 0 aliphatic heterocycles. The Labute approximate surface area is 261 Å². The number of hydrogen-bond acceptors (Lipinski definition) is 3. The van der Waals surface area contributed by atoms with Crippen LogP contribution in [-0.4, -0.2) is 17.6 Å². The van der Waals surface area contributed by atoms with E-state index in [0.29, 0.717) is 6.61 Å². The van der Waals surface area contributed by atoms with E-state index in [2.05, 4.69) is 34.6 Å². The fourth-order valence-corrected chi connectivity index (χ4v) is 6.64.